The molecule has 0 saturated carbocycles. The summed E-state index contributed by atoms with van der Waals surface area (Å²) in [5.41, 5.74) is -1.56. The molecule has 0 bridgehead atoms. The highest BCUT2D eigenvalue weighted by Crippen LogP contribution is 2.45. The molecule has 0 spiro atoms. The maximum atomic E-state index is 12.8. The summed E-state index contributed by atoms with van der Waals surface area (Å²) in [7, 11) is 0. The molecule has 5 atom stereocenters. The molecule has 2 heterocycles. The number of hydrogen-bond donors (Lipinski definition) is 9. The molecule has 9 N–H and O–H groups in total. The van der Waals surface area contributed by atoms with Crippen LogP contribution in [0, 0.1) is 0 Å². The van der Waals surface area contributed by atoms with Crippen molar-refractivity contribution in [2.75, 3.05) is 6.61 Å². The molecule has 1 fully saturated rings. The first-order valence-corrected chi connectivity index (χ1v) is 9.79. The lowest BCUT2D eigenvalue weighted by Crippen LogP contribution is -2.60. The van der Waals surface area contributed by atoms with Gasteiger partial charge in [0.25, 0.3) is 0 Å². The summed E-state index contributed by atoms with van der Waals surface area (Å²) in [6.45, 7) is -0.756. The lowest BCUT2D eigenvalue weighted by Gasteiger charge is -2.39. The van der Waals surface area contributed by atoms with Gasteiger partial charge >= 0.3 is 0 Å². The maximum absolute atomic E-state index is 12.8. The molecule has 1 saturated heterocycles. The predicted molar refractivity (Wildman–Crippen MR) is 111 cm³/mol. The van der Waals surface area contributed by atoms with E-state index >= 15 is 0 Å². The minimum Gasteiger partial charge on any atom is -0.504 e. The Morgan fingerprint density at radius 3 is 2.21 bits per heavy atom. The fraction of sp³-hybridized carbons (Fsp3) is 0.286. The van der Waals surface area contributed by atoms with Gasteiger partial charge in [-0.2, -0.15) is 0 Å². The minimum absolute atomic E-state index is 0.00701. The van der Waals surface area contributed by atoms with Crippen LogP contribution in [0.1, 0.15) is 0 Å². The number of benzene rings is 2. The van der Waals surface area contributed by atoms with Gasteiger partial charge in [0, 0.05) is 11.6 Å². The molecule has 1 aliphatic heterocycles. The van der Waals surface area contributed by atoms with Gasteiger partial charge in [-0.25, -0.2) is 0 Å². The van der Waals surface area contributed by atoms with E-state index in [0.29, 0.717) is 0 Å². The molecule has 34 heavy (non-hydrogen) atoms. The number of ether oxygens (including phenoxy) is 2. The van der Waals surface area contributed by atoms with Crippen LogP contribution in [0.4, 0.5) is 0 Å². The zero-order valence-electron chi connectivity index (χ0n) is 17.1. The third-order valence-corrected chi connectivity index (χ3v) is 5.39. The van der Waals surface area contributed by atoms with Crippen LogP contribution in [0.5, 0.6) is 34.5 Å². The summed E-state index contributed by atoms with van der Waals surface area (Å²) >= 11 is 0. The van der Waals surface area contributed by atoms with Gasteiger partial charge in [-0.15, -0.1) is 0 Å². The molecule has 13 nitrogen and oxygen atoms in total. The number of hydrogen-bond acceptors (Lipinski definition) is 13. The van der Waals surface area contributed by atoms with E-state index in [-0.39, 0.29) is 5.56 Å². The Morgan fingerprint density at radius 2 is 1.56 bits per heavy atom. The normalized spacial score (nSPS) is 24.9. The summed E-state index contributed by atoms with van der Waals surface area (Å²) in [6, 6.07) is 4.18. The van der Waals surface area contributed by atoms with E-state index in [4.69, 9.17) is 13.9 Å². The zero-order valence-corrected chi connectivity index (χ0v) is 17.1. The van der Waals surface area contributed by atoms with E-state index in [1.807, 2.05) is 0 Å². The second kappa shape index (κ2) is 8.55. The molecule has 0 radical (unpaired) electrons. The Bertz CT molecular complexity index is 1300. The Labute approximate surface area is 189 Å². The molecule has 1 aliphatic rings. The number of fused-ring (bicyclic) bond motifs is 1. The van der Waals surface area contributed by atoms with E-state index in [9.17, 15) is 50.8 Å². The second-order valence-corrected chi connectivity index (χ2v) is 7.57. The number of aliphatic hydroxyl groups excluding tert-OH is 4. The number of aromatic hydroxyl groups is 5. The zero-order chi connectivity index (χ0) is 24.9. The van der Waals surface area contributed by atoms with Gasteiger partial charge in [0.2, 0.25) is 23.2 Å². The minimum atomic E-state index is -1.87. The monoisotopic (exact) mass is 480 g/mol. The highest BCUT2D eigenvalue weighted by atomic mass is 16.7. The van der Waals surface area contributed by atoms with Crippen molar-refractivity contribution in [3.8, 4) is 45.8 Å². The summed E-state index contributed by atoms with van der Waals surface area (Å²) < 4.78 is 15.9. The fourth-order valence-electron chi connectivity index (χ4n) is 3.55. The van der Waals surface area contributed by atoms with Crippen molar-refractivity contribution in [1.29, 1.82) is 0 Å². The standard InChI is InChI=1S/C21H20O13/c22-5-11-13(26)16(29)18(31)21(33-11)34-20-9(25)4-10-12(15(20)28)14(27)17(30)19(32-10)6-1-2-7(23)8(24)3-6/h1-4,11,13,16,18,21-26,28-31H,5H2/t11-,13-,16+,18-,21+/m1/s1. The van der Waals surface area contributed by atoms with Crippen LogP contribution in [0.15, 0.2) is 33.5 Å². The third kappa shape index (κ3) is 3.70. The summed E-state index contributed by atoms with van der Waals surface area (Å²) in [5, 5.41) is 89.0. The van der Waals surface area contributed by atoms with Crippen LogP contribution in [0.2, 0.25) is 0 Å². The van der Waals surface area contributed by atoms with Gasteiger partial charge in [-0.1, -0.05) is 0 Å². The summed E-state index contributed by atoms with van der Waals surface area (Å²) in [5.74, 6) is -5.01. The first-order valence-electron chi connectivity index (χ1n) is 9.79. The molecule has 4 rings (SSSR count). The van der Waals surface area contributed by atoms with Crippen LogP contribution in [-0.4, -0.2) is 83.3 Å². The smallest absolute Gasteiger partial charge is 0.238 e. The quantitative estimate of drug-likeness (QED) is 0.208. The van der Waals surface area contributed by atoms with Crippen LogP contribution in [0.25, 0.3) is 22.3 Å². The average Bonchev–Trinajstić information content (AvgIpc) is 2.80. The van der Waals surface area contributed by atoms with Gasteiger partial charge in [0.05, 0.1) is 6.61 Å². The molecule has 1 aromatic heterocycles. The molecular weight excluding hydrogens is 460 g/mol. The highest BCUT2D eigenvalue weighted by Gasteiger charge is 2.45. The van der Waals surface area contributed by atoms with E-state index < -0.39 is 94.0 Å². The first kappa shape index (κ1) is 23.4. The maximum Gasteiger partial charge on any atom is 0.238 e. The Hall–Kier alpha value is -3.75. The molecule has 182 valence electrons. The van der Waals surface area contributed by atoms with Gasteiger partial charge in [-0.3, -0.25) is 4.79 Å². The highest BCUT2D eigenvalue weighted by molar-refractivity contribution is 5.91. The molecular formula is C21H20O13. The van der Waals surface area contributed by atoms with Crippen molar-refractivity contribution < 1.29 is 59.8 Å². The van der Waals surface area contributed by atoms with E-state index in [2.05, 4.69) is 0 Å². The molecule has 0 aliphatic carbocycles. The van der Waals surface area contributed by atoms with Crippen LogP contribution < -0.4 is 10.2 Å². The molecule has 0 unspecified atom stereocenters. The van der Waals surface area contributed by atoms with Crippen molar-refractivity contribution in [3.63, 3.8) is 0 Å². The summed E-state index contributed by atoms with van der Waals surface area (Å²) in [4.78, 5) is 12.8. The number of phenolic OH excluding ortho intramolecular Hbond substituents is 4. The van der Waals surface area contributed by atoms with Crippen LogP contribution >= 0.6 is 0 Å². The Kier molecular flexibility index (Phi) is 5.89. The van der Waals surface area contributed by atoms with Crippen molar-refractivity contribution in [1.82, 2.24) is 0 Å². The van der Waals surface area contributed by atoms with Gasteiger partial charge < -0.3 is 59.8 Å². The van der Waals surface area contributed by atoms with Crippen LogP contribution in [-0.2, 0) is 4.74 Å². The molecule has 2 aromatic carbocycles. The topological polar surface area (TPSA) is 231 Å². The number of aliphatic hydroxyl groups is 4. The Balaban J connectivity index is 1.80. The molecule has 3 aromatic rings. The van der Waals surface area contributed by atoms with Gasteiger partial charge in [0.1, 0.15) is 35.4 Å². The fourth-order valence-corrected chi connectivity index (χ4v) is 3.55. The van der Waals surface area contributed by atoms with Crippen molar-refractivity contribution in [2.45, 2.75) is 30.7 Å². The first-order chi connectivity index (χ1) is 16.0. The largest absolute Gasteiger partial charge is 0.504 e. The number of rotatable bonds is 4. The SMILES string of the molecule is O=c1c(O)c(-c2ccc(O)c(O)c2)oc2cc(O)c(O[C@@H]3O[C@H](CO)[C@@H](O)[C@H](O)[C@H]3O)c(O)c12. The van der Waals surface area contributed by atoms with E-state index in [1.165, 1.54) is 6.07 Å². The van der Waals surface area contributed by atoms with E-state index in [1.54, 1.807) is 0 Å². The van der Waals surface area contributed by atoms with Crippen molar-refractivity contribution in [2.24, 2.45) is 0 Å². The lowest BCUT2D eigenvalue weighted by molar-refractivity contribution is -0.277. The third-order valence-electron chi connectivity index (χ3n) is 5.39. The molecule has 13 heteroatoms. The lowest BCUT2D eigenvalue weighted by atomic mass is 9.99. The van der Waals surface area contributed by atoms with Crippen molar-refractivity contribution >= 4 is 11.0 Å². The van der Waals surface area contributed by atoms with Crippen molar-refractivity contribution in [3.05, 3.63) is 34.5 Å². The van der Waals surface area contributed by atoms with Gasteiger partial charge in [-0.05, 0) is 18.2 Å². The number of phenols is 4. The van der Waals surface area contributed by atoms with Gasteiger partial charge in [0.15, 0.2) is 28.8 Å². The van der Waals surface area contributed by atoms with Crippen LogP contribution in [0.3, 0.4) is 0 Å². The predicted octanol–water partition coefficient (Wildman–Crippen LogP) is -0.833. The molecule has 0 amide bonds. The second-order valence-electron chi connectivity index (χ2n) is 7.57. The van der Waals surface area contributed by atoms with E-state index in [0.717, 1.165) is 18.2 Å². The average molecular weight is 480 g/mol. The summed E-state index contributed by atoms with van der Waals surface area (Å²) in [6.07, 6.45) is -8.49. The Morgan fingerprint density at radius 1 is 0.853 bits per heavy atom.